The molecule has 1 N–H and O–H groups in total. The Hall–Kier alpha value is -1.91. The van der Waals surface area contributed by atoms with Gasteiger partial charge in [-0.2, -0.15) is 0 Å². The molecule has 1 unspecified atom stereocenters. The lowest BCUT2D eigenvalue weighted by Crippen LogP contribution is -2.50. The molecule has 4 nitrogen and oxygen atoms in total. The monoisotopic (exact) mass is 309 g/mol. The molecule has 5 heteroatoms. The number of Topliss-reactive ketones (excluding diaryl/α,β-unsaturated/α-hetero) is 1. The molecule has 0 heterocycles. The van der Waals surface area contributed by atoms with Crippen LogP contribution < -0.4 is 5.32 Å². The van der Waals surface area contributed by atoms with Crippen LogP contribution in [-0.4, -0.2) is 17.9 Å². The summed E-state index contributed by atoms with van der Waals surface area (Å²) >= 11 is 0. The average molecular weight is 309 g/mol. The van der Waals surface area contributed by atoms with Crippen LogP contribution in [0.1, 0.15) is 40.2 Å². The van der Waals surface area contributed by atoms with E-state index in [-0.39, 0.29) is 18.3 Å². The standard InChI is InChI=1S/C17H24FNO3/c1-11(2)14(20)15(17(3,4)5)19-16(21)22-10-12-8-6-7-9-13(12)18/h6-9,11,15H,10H2,1-5H3,(H,19,21). The summed E-state index contributed by atoms with van der Waals surface area (Å²) in [6, 6.07) is 5.43. The first-order chi connectivity index (χ1) is 10.1. The van der Waals surface area contributed by atoms with Crippen molar-refractivity contribution >= 4 is 11.9 Å². The molecule has 0 saturated heterocycles. The molecular weight excluding hydrogens is 285 g/mol. The van der Waals surface area contributed by atoms with Gasteiger partial charge in [0, 0.05) is 11.5 Å². The van der Waals surface area contributed by atoms with Crippen LogP contribution in [0.25, 0.3) is 0 Å². The van der Waals surface area contributed by atoms with E-state index in [2.05, 4.69) is 5.32 Å². The Morgan fingerprint density at radius 1 is 1.23 bits per heavy atom. The molecule has 1 aromatic carbocycles. The summed E-state index contributed by atoms with van der Waals surface area (Å²) in [5.74, 6) is -0.688. The second kappa shape index (κ2) is 7.38. The van der Waals surface area contributed by atoms with Crippen molar-refractivity contribution in [2.24, 2.45) is 11.3 Å². The maximum absolute atomic E-state index is 13.5. The van der Waals surface area contributed by atoms with Crippen LogP contribution in [0.3, 0.4) is 0 Å². The molecule has 0 spiro atoms. The van der Waals surface area contributed by atoms with Gasteiger partial charge in [0.15, 0.2) is 5.78 Å². The van der Waals surface area contributed by atoms with E-state index in [0.29, 0.717) is 5.56 Å². The molecule has 1 amide bonds. The Morgan fingerprint density at radius 3 is 2.32 bits per heavy atom. The molecule has 0 aromatic heterocycles. The molecule has 0 aliphatic rings. The number of rotatable bonds is 5. The summed E-state index contributed by atoms with van der Waals surface area (Å²) < 4.78 is 18.5. The Kier molecular flexibility index (Phi) is 6.09. The molecule has 1 aromatic rings. The number of amides is 1. The predicted octanol–water partition coefficient (Wildman–Crippen LogP) is 3.69. The molecule has 122 valence electrons. The molecule has 0 aliphatic carbocycles. The molecule has 0 aliphatic heterocycles. The number of benzene rings is 1. The number of hydrogen-bond acceptors (Lipinski definition) is 3. The highest BCUT2D eigenvalue weighted by molar-refractivity contribution is 5.89. The first kappa shape index (κ1) is 18.1. The fourth-order valence-electron chi connectivity index (χ4n) is 1.97. The van der Waals surface area contributed by atoms with Crippen molar-refractivity contribution in [3.63, 3.8) is 0 Å². The topological polar surface area (TPSA) is 55.4 Å². The minimum atomic E-state index is -0.725. The van der Waals surface area contributed by atoms with Crippen LogP contribution in [0, 0.1) is 17.2 Å². The molecule has 0 radical (unpaired) electrons. The van der Waals surface area contributed by atoms with E-state index >= 15 is 0 Å². The van der Waals surface area contributed by atoms with Gasteiger partial charge >= 0.3 is 6.09 Å². The normalized spacial score (nSPS) is 12.9. The van der Waals surface area contributed by atoms with E-state index in [1.54, 1.807) is 32.0 Å². The van der Waals surface area contributed by atoms with Crippen LogP contribution in [0.2, 0.25) is 0 Å². The SMILES string of the molecule is CC(C)C(=O)C(NC(=O)OCc1ccccc1F)C(C)(C)C. The van der Waals surface area contributed by atoms with E-state index in [1.165, 1.54) is 6.07 Å². The molecular formula is C17H24FNO3. The maximum Gasteiger partial charge on any atom is 0.408 e. The minimum Gasteiger partial charge on any atom is -0.445 e. The van der Waals surface area contributed by atoms with Gasteiger partial charge in [-0.25, -0.2) is 9.18 Å². The zero-order valence-corrected chi connectivity index (χ0v) is 13.8. The fourth-order valence-corrected chi connectivity index (χ4v) is 1.97. The van der Waals surface area contributed by atoms with Crippen LogP contribution in [0.4, 0.5) is 9.18 Å². The summed E-state index contributed by atoms with van der Waals surface area (Å²) in [5.41, 5.74) is -0.140. The van der Waals surface area contributed by atoms with Crippen molar-refractivity contribution in [1.29, 1.82) is 0 Å². The van der Waals surface area contributed by atoms with Crippen LogP contribution in [-0.2, 0) is 16.1 Å². The lowest BCUT2D eigenvalue weighted by Gasteiger charge is -2.31. The summed E-state index contributed by atoms with van der Waals surface area (Å²) in [6.45, 7) is 9.01. The zero-order chi connectivity index (χ0) is 16.9. The number of ketones is 1. The van der Waals surface area contributed by atoms with E-state index in [4.69, 9.17) is 4.74 Å². The Balaban J connectivity index is 2.68. The lowest BCUT2D eigenvalue weighted by atomic mass is 9.81. The highest BCUT2D eigenvalue weighted by Gasteiger charge is 2.34. The third-order valence-electron chi connectivity index (χ3n) is 3.30. The fraction of sp³-hybridized carbons (Fsp3) is 0.529. The van der Waals surface area contributed by atoms with Gasteiger partial charge in [0.2, 0.25) is 0 Å². The van der Waals surface area contributed by atoms with Crippen molar-refractivity contribution in [3.8, 4) is 0 Å². The number of nitrogens with one attached hydrogen (secondary N) is 1. The zero-order valence-electron chi connectivity index (χ0n) is 13.8. The molecule has 1 atom stereocenters. The largest absolute Gasteiger partial charge is 0.445 e. The quantitative estimate of drug-likeness (QED) is 0.902. The third-order valence-corrected chi connectivity index (χ3v) is 3.30. The summed E-state index contributed by atoms with van der Waals surface area (Å²) in [6.07, 6.45) is -0.725. The second-order valence-electron chi connectivity index (χ2n) is 6.67. The summed E-state index contributed by atoms with van der Waals surface area (Å²) in [5, 5.41) is 2.59. The second-order valence-corrected chi connectivity index (χ2v) is 6.67. The van der Waals surface area contributed by atoms with Crippen molar-refractivity contribution in [2.75, 3.05) is 0 Å². The predicted molar refractivity (Wildman–Crippen MR) is 82.8 cm³/mol. The van der Waals surface area contributed by atoms with Gasteiger partial charge in [0.05, 0.1) is 6.04 Å². The molecule has 0 bridgehead atoms. The van der Waals surface area contributed by atoms with E-state index in [0.717, 1.165) is 0 Å². The van der Waals surface area contributed by atoms with Crippen molar-refractivity contribution in [1.82, 2.24) is 5.32 Å². The van der Waals surface area contributed by atoms with Gasteiger partial charge in [0.25, 0.3) is 0 Å². The van der Waals surface area contributed by atoms with Crippen LogP contribution in [0.15, 0.2) is 24.3 Å². The minimum absolute atomic E-state index is 0.0599. The number of hydrogen-bond donors (Lipinski definition) is 1. The van der Waals surface area contributed by atoms with Gasteiger partial charge < -0.3 is 10.1 Å². The number of carbonyl (C=O) groups excluding carboxylic acids is 2. The first-order valence-electron chi connectivity index (χ1n) is 7.33. The van der Waals surface area contributed by atoms with Gasteiger partial charge in [-0.05, 0) is 11.5 Å². The number of alkyl carbamates (subject to hydrolysis) is 1. The van der Waals surface area contributed by atoms with Gasteiger partial charge in [-0.1, -0.05) is 52.8 Å². The molecule has 22 heavy (non-hydrogen) atoms. The van der Waals surface area contributed by atoms with Gasteiger partial charge in [0.1, 0.15) is 12.4 Å². The number of halogens is 1. The Bertz CT molecular complexity index is 535. The third kappa shape index (κ3) is 5.13. The number of ether oxygens (including phenoxy) is 1. The maximum atomic E-state index is 13.5. The Labute approximate surface area is 131 Å². The molecule has 0 fully saturated rings. The van der Waals surface area contributed by atoms with Crippen LogP contribution >= 0.6 is 0 Å². The van der Waals surface area contributed by atoms with Crippen LogP contribution in [0.5, 0.6) is 0 Å². The molecule has 1 rings (SSSR count). The van der Waals surface area contributed by atoms with Crippen molar-refractivity contribution < 1.29 is 18.7 Å². The van der Waals surface area contributed by atoms with E-state index < -0.39 is 23.4 Å². The number of carbonyl (C=O) groups is 2. The highest BCUT2D eigenvalue weighted by atomic mass is 19.1. The van der Waals surface area contributed by atoms with Crippen molar-refractivity contribution in [2.45, 2.75) is 47.3 Å². The Morgan fingerprint density at radius 2 is 1.82 bits per heavy atom. The summed E-state index contributed by atoms with van der Waals surface area (Å²) in [4.78, 5) is 24.1. The summed E-state index contributed by atoms with van der Waals surface area (Å²) in [7, 11) is 0. The molecule has 0 saturated carbocycles. The van der Waals surface area contributed by atoms with E-state index in [9.17, 15) is 14.0 Å². The first-order valence-corrected chi connectivity index (χ1v) is 7.33. The average Bonchev–Trinajstić information content (AvgIpc) is 2.41. The smallest absolute Gasteiger partial charge is 0.408 e. The highest BCUT2D eigenvalue weighted by Crippen LogP contribution is 2.22. The van der Waals surface area contributed by atoms with E-state index in [1.807, 2.05) is 20.8 Å². The van der Waals surface area contributed by atoms with Gasteiger partial charge in [-0.3, -0.25) is 4.79 Å². The van der Waals surface area contributed by atoms with Gasteiger partial charge in [-0.15, -0.1) is 0 Å². The lowest BCUT2D eigenvalue weighted by molar-refractivity contribution is -0.126. The van der Waals surface area contributed by atoms with Crippen molar-refractivity contribution in [3.05, 3.63) is 35.6 Å².